The third-order valence-electron chi connectivity index (χ3n) is 5.37. The van der Waals surface area contributed by atoms with E-state index in [4.69, 9.17) is 11.6 Å². The number of carbonyl (C=O) groups is 2. The van der Waals surface area contributed by atoms with E-state index in [2.05, 4.69) is 0 Å². The second kappa shape index (κ2) is 8.07. The molecule has 0 radical (unpaired) electrons. The molecule has 2 saturated heterocycles. The molecule has 0 spiro atoms. The third-order valence-corrected chi connectivity index (χ3v) is 7.54. The predicted octanol–water partition coefficient (Wildman–Crippen LogP) is 2.12. The van der Waals surface area contributed by atoms with Gasteiger partial charge < -0.3 is 0 Å². The van der Waals surface area contributed by atoms with E-state index in [9.17, 15) is 22.4 Å². The molecule has 0 unspecified atom stereocenters. The standard InChI is InChI=1S/C20H19ClFN3O4S/c21-14-1-7-17(8-2-14)30(28,29)24-11-9-23(10-12-24)18-13-19(26)25(20(18)27)16-5-3-15(22)4-6-16/h1-8,18H,9-13H2/t18-/m1/s1. The topological polar surface area (TPSA) is 78.0 Å². The van der Waals surface area contributed by atoms with E-state index in [1.807, 2.05) is 4.90 Å². The maximum absolute atomic E-state index is 13.2. The van der Waals surface area contributed by atoms with E-state index in [0.29, 0.717) is 23.8 Å². The Morgan fingerprint density at radius 3 is 2.10 bits per heavy atom. The molecule has 0 bridgehead atoms. The average molecular weight is 452 g/mol. The maximum Gasteiger partial charge on any atom is 0.251 e. The summed E-state index contributed by atoms with van der Waals surface area (Å²) in [7, 11) is -3.66. The monoisotopic (exact) mass is 451 g/mol. The van der Waals surface area contributed by atoms with E-state index in [0.717, 1.165) is 4.90 Å². The molecule has 2 aromatic rings. The van der Waals surface area contributed by atoms with Crippen molar-refractivity contribution in [1.29, 1.82) is 0 Å². The predicted molar refractivity (Wildman–Crippen MR) is 109 cm³/mol. The first-order valence-corrected chi connectivity index (χ1v) is 11.2. The van der Waals surface area contributed by atoms with Crippen LogP contribution in [0, 0.1) is 5.82 Å². The van der Waals surface area contributed by atoms with E-state index < -0.39 is 21.9 Å². The Morgan fingerprint density at radius 2 is 1.50 bits per heavy atom. The number of sulfonamides is 1. The molecule has 158 valence electrons. The summed E-state index contributed by atoms with van der Waals surface area (Å²) in [4.78, 5) is 28.3. The van der Waals surface area contributed by atoms with Gasteiger partial charge in [0.2, 0.25) is 15.9 Å². The average Bonchev–Trinajstić information content (AvgIpc) is 3.03. The van der Waals surface area contributed by atoms with Crippen LogP contribution in [0.5, 0.6) is 0 Å². The van der Waals surface area contributed by atoms with Crippen molar-refractivity contribution < 1.29 is 22.4 Å². The van der Waals surface area contributed by atoms with Gasteiger partial charge >= 0.3 is 0 Å². The van der Waals surface area contributed by atoms with E-state index in [1.165, 1.54) is 52.8 Å². The minimum atomic E-state index is -3.66. The second-order valence-electron chi connectivity index (χ2n) is 7.16. The van der Waals surface area contributed by atoms with Crippen molar-refractivity contribution in [2.45, 2.75) is 17.4 Å². The van der Waals surface area contributed by atoms with E-state index in [-0.39, 0.29) is 36.2 Å². The molecule has 10 heteroatoms. The molecular formula is C20H19ClFN3O4S. The lowest BCUT2D eigenvalue weighted by Gasteiger charge is -2.36. The molecule has 2 amide bonds. The van der Waals surface area contributed by atoms with Crippen LogP contribution in [0.15, 0.2) is 53.4 Å². The fourth-order valence-electron chi connectivity index (χ4n) is 3.77. The number of hydrogen-bond acceptors (Lipinski definition) is 5. The lowest BCUT2D eigenvalue weighted by Crippen LogP contribution is -2.53. The highest BCUT2D eigenvalue weighted by Crippen LogP contribution is 2.27. The highest BCUT2D eigenvalue weighted by molar-refractivity contribution is 7.89. The Bertz CT molecular complexity index is 1070. The van der Waals surface area contributed by atoms with Crippen molar-refractivity contribution in [1.82, 2.24) is 9.21 Å². The molecule has 0 aromatic heterocycles. The quantitative estimate of drug-likeness (QED) is 0.665. The number of halogens is 2. The minimum Gasteiger partial charge on any atom is -0.289 e. The third kappa shape index (κ3) is 3.85. The summed E-state index contributed by atoms with van der Waals surface area (Å²) in [5, 5.41) is 0.453. The molecule has 0 N–H and O–H groups in total. The zero-order chi connectivity index (χ0) is 21.5. The lowest BCUT2D eigenvalue weighted by molar-refractivity contribution is -0.123. The highest BCUT2D eigenvalue weighted by Gasteiger charge is 2.44. The summed E-state index contributed by atoms with van der Waals surface area (Å²) in [6, 6.07) is 10.5. The Balaban J connectivity index is 1.44. The number of amides is 2. The van der Waals surface area contributed by atoms with Crippen molar-refractivity contribution in [3.05, 3.63) is 59.4 Å². The molecule has 7 nitrogen and oxygen atoms in total. The van der Waals surface area contributed by atoms with Crippen LogP contribution in [0.4, 0.5) is 10.1 Å². The summed E-state index contributed by atoms with van der Waals surface area (Å²) in [6.07, 6.45) is 0.0140. The van der Waals surface area contributed by atoms with E-state index >= 15 is 0 Å². The summed E-state index contributed by atoms with van der Waals surface area (Å²) in [5.41, 5.74) is 0.331. The first kappa shape index (κ1) is 20.9. The van der Waals surface area contributed by atoms with Gasteiger partial charge in [-0.25, -0.2) is 17.7 Å². The van der Waals surface area contributed by atoms with Gasteiger partial charge in [0.25, 0.3) is 5.91 Å². The summed E-state index contributed by atoms with van der Waals surface area (Å²) in [6.45, 7) is 1.07. The number of nitrogens with zero attached hydrogens (tertiary/aromatic N) is 3. The molecule has 2 aliphatic heterocycles. The lowest BCUT2D eigenvalue weighted by atomic mass is 10.2. The van der Waals surface area contributed by atoms with E-state index in [1.54, 1.807) is 0 Å². The van der Waals surface area contributed by atoms with Gasteiger partial charge in [0, 0.05) is 31.2 Å². The van der Waals surface area contributed by atoms with Gasteiger partial charge in [-0.2, -0.15) is 4.31 Å². The molecule has 2 aromatic carbocycles. The van der Waals surface area contributed by atoms with Crippen LogP contribution >= 0.6 is 11.6 Å². The summed E-state index contributed by atoms with van der Waals surface area (Å²) < 4.78 is 40.1. The molecule has 0 saturated carbocycles. The van der Waals surface area contributed by atoms with Crippen molar-refractivity contribution in [2.75, 3.05) is 31.1 Å². The number of anilines is 1. The van der Waals surface area contributed by atoms with Gasteiger partial charge in [0.05, 0.1) is 23.0 Å². The number of carbonyl (C=O) groups excluding carboxylic acids is 2. The number of imide groups is 1. The van der Waals surface area contributed by atoms with Crippen molar-refractivity contribution in [3.63, 3.8) is 0 Å². The number of benzene rings is 2. The largest absolute Gasteiger partial charge is 0.289 e. The summed E-state index contributed by atoms with van der Waals surface area (Å²) >= 11 is 5.83. The molecule has 2 fully saturated rings. The maximum atomic E-state index is 13.2. The fourth-order valence-corrected chi connectivity index (χ4v) is 5.32. The Labute approximate surface area is 178 Å². The van der Waals surface area contributed by atoms with Crippen LogP contribution in [-0.4, -0.2) is 61.7 Å². The highest BCUT2D eigenvalue weighted by atomic mass is 35.5. The summed E-state index contributed by atoms with van der Waals surface area (Å²) in [5.74, 6) is -1.18. The minimum absolute atomic E-state index is 0.0140. The molecule has 30 heavy (non-hydrogen) atoms. The zero-order valence-electron chi connectivity index (χ0n) is 15.9. The second-order valence-corrected chi connectivity index (χ2v) is 9.53. The van der Waals surface area contributed by atoms with Crippen LogP contribution in [0.2, 0.25) is 5.02 Å². The molecule has 1 atom stereocenters. The van der Waals surface area contributed by atoms with Crippen LogP contribution in [0.25, 0.3) is 0 Å². The SMILES string of the molecule is O=C1C[C@@H](N2CCN(S(=O)(=O)c3ccc(Cl)cc3)CC2)C(=O)N1c1ccc(F)cc1. The Kier molecular flexibility index (Phi) is 5.63. The van der Waals surface area contributed by atoms with Crippen LogP contribution in [-0.2, 0) is 19.6 Å². The van der Waals surface area contributed by atoms with Crippen molar-refractivity contribution >= 4 is 39.1 Å². The molecule has 2 aliphatic rings. The zero-order valence-corrected chi connectivity index (χ0v) is 17.4. The van der Waals surface area contributed by atoms with Gasteiger partial charge in [-0.05, 0) is 48.5 Å². The van der Waals surface area contributed by atoms with Crippen LogP contribution < -0.4 is 4.90 Å². The molecular weight excluding hydrogens is 433 g/mol. The Morgan fingerprint density at radius 1 is 0.900 bits per heavy atom. The number of hydrogen-bond donors (Lipinski definition) is 0. The fraction of sp³-hybridized carbons (Fsp3) is 0.300. The Hall–Kier alpha value is -2.33. The number of rotatable bonds is 4. The van der Waals surface area contributed by atoms with Gasteiger partial charge in [0.15, 0.2) is 0 Å². The van der Waals surface area contributed by atoms with Crippen LogP contribution in [0.3, 0.4) is 0 Å². The van der Waals surface area contributed by atoms with Gasteiger partial charge in [-0.3, -0.25) is 14.5 Å². The first-order chi connectivity index (χ1) is 14.3. The van der Waals surface area contributed by atoms with Gasteiger partial charge in [0.1, 0.15) is 5.82 Å². The van der Waals surface area contributed by atoms with Crippen molar-refractivity contribution in [3.8, 4) is 0 Å². The van der Waals surface area contributed by atoms with Crippen molar-refractivity contribution in [2.24, 2.45) is 0 Å². The smallest absolute Gasteiger partial charge is 0.251 e. The van der Waals surface area contributed by atoms with Gasteiger partial charge in [-0.15, -0.1) is 0 Å². The number of piperazine rings is 1. The molecule has 2 heterocycles. The normalized spacial score (nSPS) is 21.4. The molecule has 4 rings (SSSR count). The molecule has 0 aliphatic carbocycles. The van der Waals surface area contributed by atoms with Gasteiger partial charge in [-0.1, -0.05) is 11.6 Å². The first-order valence-electron chi connectivity index (χ1n) is 9.39. The van der Waals surface area contributed by atoms with Crippen LogP contribution in [0.1, 0.15) is 6.42 Å².